The quantitative estimate of drug-likeness (QED) is 0.267. The van der Waals surface area contributed by atoms with Gasteiger partial charge in [0.2, 0.25) is 9.84 Å². The van der Waals surface area contributed by atoms with E-state index in [2.05, 4.69) is 10.6 Å². The summed E-state index contributed by atoms with van der Waals surface area (Å²) in [6.07, 6.45) is -0.794. The Morgan fingerprint density at radius 2 is 1.32 bits per heavy atom. The highest BCUT2D eigenvalue weighted by Gasteiger charge is 2.21. The van der Waals surface area contributed by atoms with Crippen LogP contribution in [0.25, 0.3) is 0 Å². The minimum Gasteiger partial charge on any atom is -0.478 e. The lowest BCUT2D eigenvalue weighted by Gasteiger charge is -2.11. The summed E-state index contributed by atoms with van der Waals surface area (Å²) >= 11 is 5.92. The molecule has 0 heterocycles. The summed E-state index contributed by atoms with van der Waals surface area (Å²) in [6, 6.07) is 23.2. The summed E-state index contributed by atoms with van der Waals surface area (Å²) < 4.78 is 31.8. The fourth-order valence-corrected chi connectivity index (χ4v) is 4.97. The number of nitrogens with one attached hydrogen (secondary N) is 2. The number of benzene rings is 4. The van der Waals surface area contributed by atoms with Gasteiger partial charge in [-0.1, -0.05) is 41.9 Å². The average molecular weight is 551 g/mol. The molecule has 0 aromatic heterocycles. The van der Waals surface area contributed by atoms with E-state index in [1.54, 1.807) is 30.3 Å². The van der Waals surface area contributed by atoms with Gasteiger partial charge in [-0.15, -0.1) is 0 Å². The van der Waals surface area contributed by atoms with E-state index < -0.39 is 27.8 Å². The van der Waals surface area contributed by atoms with Crippen LogP contribution in [0.15, 0.2) is 107 Å². The van der Waals surface area contributed by atoms with Crippen molar-refractivity contribution in [2.24, 2.45) is 0 Å². The summed E-state index contributed by atoms with van der Waals surface area (Å²) in [7, 11) is -4.07. The SMILES string of the molecule is O=C(Nc1cccc(S(=O)(=O)c2cccc(NC(=O)c3cc(Cl)ccc3C(=O)O)c2)c1)Oc1ccccc1. The first-order valence-electron chi connectivity index (χ1n) is 11.0. The Morgan fingerprint density at radius 3 is 1.92 bits per heavy atom. The molecule has 0 bridgehead atoms. The van der Waals surface area contributed by atoms with E-state index in [0.29, 0.717) is 5.75 Å². The highest BCUT2D eigenvalue weighted by atomic mass is 35.5. The smallest absolute Gasteiger partial charge is 0.417 e. The summed E-state index contributed by atoms with van der Waals surface area (Å²) in [5.41, 5.74) is -0.128. The number of hydrogen-bond acceptors (Lipinski definition) is 6. The van der Waals surface area contributed by atoms with Gasteiger partial charge in [0.05, 0.1) is 20.9 Å². The van der Waals surface area contributed by atoms with Gasteiger partial charge in [-0.25, -0.2) is 18.0 Å². The molecule has 3 N–H and O–H groups in total. The molecule has 0 fully saturated rings. The number of amides is 2. The molecule has 0 unspecified atom stereocenters. The first kappa shape index (κ1) is 26.4. The maximum absolute atomic E-state index is 13.3. The van der Waals surface area contributed by atoms with Gasteiger partial charge in [0.15, 0.2) is 0 Å². The van der Waals surface area contributed by atoms with Crippen molar-refractivity contribution in [1.82, 2.24) is 0 Å². The highest BCUT2D eigenvalue weighted by molar-refractivity contribution is 7.91. The van der Waals surface area contributed by atoms with Crippen LogP contribution in [0.5, 0.6) is 5.75 Å². The molecule has 0 aliphatic rings. The number of aromatic carboxylic acids is 1. The molecular formula is C27H19ClN2O7S. The predicted molar refractivity (Wildman–Crippen MR) is 141 cm³/mol. The summed E-state index contributed by atoms with van der Waals surface area (Å²) in [6.45, 7) is 0. The first-order valence-corrected chi connectivity index (χ1v) is 12.8. The predicted octanol–water partition coefficient (Wildman–Crippen LogP) is 5.73. The van der Waals surface area contributed by atoms with Gasteiger partial charge in [0, 0.05) is 16.4 Å². The second kappa shape index (κ2) is 11.2. The molecule has 9 nitrogen and oxygen atoms in total. The van der Waals surface area contributed by atoms with Gasteiger partial charge in [0.1, 0.15) is 5.75 Å². The maximum atomic E-state index is 13.3. The molecule has 4 aromatic carbocycles. The molecule has 0 aliphatic carbocycles. The molecule has 4 rings (SSSR count). The molecular weight excluding hydrogens is 532 g/mol. The number of carboxylic acid groups (broad SMARTS) is 1. The molecule has 11 heteroatoms. The minimum atomic E-state index is -4.07. The molecule has 0 aliphatic heterocycles. The molecule has 4 aromatic rings. The zero-order valence-electron chi connectivity index (χ0n) is 19.4. The van der Waals surface area contributed by atoms with E-state index in [1.165, 1.54) is 66.7 Å². The normalized spacial score (nSPS) is 10.9. The lowest BCUT2D eigenvalue weighted by Crippen LogP contribution is -2.17. The molecule has 0 atom stereocenters. The fraction of sp³-hybridized carbons (Fsp3) is 0. The first-order chi connectivity index (χ1) is 18.1. The lowest BCUT2D eigenvalue weighted by atomic mass is 10.1. The van der Waals surface area contributed by atoms with Crippen molar-refractivity contribution in [2.45, 2.75) is 9.79 Å². The van der Waals surface area contributed by atoms with E-state index in [1.807, 2.05) is 0 Å². The number of ether oxygens (including phenoxy) is 1. The number of rotatable bonds is 7. The second-order valence-corrected chi connectivity index (χ2v) is 10.2. The minimum absolute atomic E-state index is 0.110. The van der Waals surface area contributed by atoms with Crippen LogP contribution in [0.1, 0.15) is 20.7 Å². The van der Waals surface area contributed by atoms with Gasteiger partial charge in [0.25, 0.3) is 5.91 Å². The van der Waals surface area contributed by atoms with E-state index in [9.17, 15) is 27.9 Å². The Morgan fingerprint density at radius 1 is 0.711 bits per heavy atom. The number of carbonyl (C=O) groups is 3. The highest BCUT2D eigenvalue weighted by Crippen LogP contribution is 2.26. The molecule has 2 amide bonds. The second-order valence-electron chi connectivity index (χ2n) is 7.84. The molecule has 0 saturated heterocycles. The molecule has 38 heavy (non-hydrogen) atoms. The van der Waals surface area contributed by atoms with Crippen molar-refractivity contribution in [3.05, 3.63) is 113 Å². The van der Waals surface area contributed by atoms with Crippen LogP contribution in [-0.4, -0.2) is 31.5 Å². The van der Waals surface area contributed by atoms with E-state index in [4.69, 9.17) is 16.3 Å². The van der Waals surface area contributed by atoms with Crippen LogP contribution in [-0.2, 0) is 9.84 Å². The van der Waals surface area contributed by atoms with Crippen LogP contribution in [0.2, 0.25) is 5.02 Å². The van der Waals surface area contributed by atoms with Crippen molar-refractivity contribution in [3.8, 4) is 5.75 Å². The number of carboxylic acids is 1. The van der Waals surface area contributed by atoms with Gasteiger partial charge >= 0.3 is 12.1 Å². The monoisotopic (exact) mass is 550 g/mol. The Balaban J connectivity index is 1.54. The number of hydrogen-bond donors (Lipinski definition) is 3. The number of carbonyl (C=O) groups excluding carboxylic acids is 2. The Bertz CT molecular complexity index is 1640. The van der Waals surface area contributed by atoms with E-state index >= 15 is 0 Å². The largest absolute Gasteiger partial charge is 0.478 e. The standard InChI is InChI=1S/C27H19ClN2O7S/c28-17-12-13-23(26(32)33)24(14-17)25(31)29-18-6-4-10-21(15-18)38(35,36)22-11-5-7-19(16-22)30-27(34)37-20-8-2-1-3-9-20/h1-16H,(H,29,31)(H,30,34)(H,32,33). The Labute approximate surface area is 222 Å². The van der Waals surface area contributed by atoms with Crippen molar-refractivity contribution in [3.63, 3.8) is 0 Å². The number of anilines is 2. The number of sulfone groups is 1. The Kier molecular flexibility index (Phi) is 7.75. The lowest BCUT2D eigenvalue weighted by molar-refractivity contribution is 0.0692. The van der Waals surface area contributed by atoms with Crippen LogP contribution < -0.4 is 15.4 Å². The average Bonchev–Trinajstić information content (AvgIpc) is 2.89. The molecule has 0 spiro atoms. The molecule has 0 radical (unpaired) electrons. The summed E-state index contributed by atoms with van der Waals surface area (Å²) in [5, 5.41) is 14.5. The zero-order valence-corrected chi connectivity index (χ0v) is 21.0. The van der Waals surface area contributed by atoms with Crippen LogP contribution in [0.3, 0.4) is 0 Å². The maximum Gasteiger partial charge on any atom is 0.417 e. The van der Waals surface area contributed by atoms with Gasteiger partial charge in [-0.2, -0.15) is 0 Å². The van der Waals surface area contributed by atoms with Crippen molar-refractivity contribution >= 4 is 50.8 Å². The molecule has 192 valence electrons. The fourth-order valence-electron chi connectivity index (χ4n) is 3.45. The summed E-state index contributed by atoms with van der Waals surface area (Å²) in [5.74, 6) is -1.77. The van der Waals surface area contributed by atoms with E-state index in [0.717, 1.165) is 0 Å². The third-order valence-electron chi connectivity index (χ3n) is 5.20. The third kappa shape index (κ3) is 6.17. The Hall–Kier alpha value is -4.67. The van der Waals surface area contributed by atoms with Crippen molar-refractivity contribution in [1.29, 1.82) is 0 Å². The van der Waals surface area contributed by atoms with Crippen LogP contribution >= 0.6 is 11.6 Å². The topological polar surface area (TPSA) is 139 Å². The molecule has 0 saturated carbocycles. The van der Waals surface area contributed by atoms with E-state index in [-0.39, 0.29) is 37.3 Å². The van der Waals surface area contributed by atoms with Crippen molar-refractivity contribution in [2.75, 3.05) is 10.6 Å². The van der Waals surface area contributed by atoms with Crippen LogP contribution in [0, 0.1) is 0 Å². The van der Waals surface area contributed by atoms with Gasteiger partial charge in [-0.05, 0) is 66.7 Å². The van der Waals surface area contributed by atoms with Crippen LogP contribution in [0.4, 0.5) is 16.2 Å². The number of para-hydroxylation sites is 1. The van der Waals surface area contributed by atoms with Gasteiger partial charge in [-0.3, -0.25) is 10.1 Å². The summed E-state index contributed by atoms with van der Waals surface area (Å²) in [4.78, 5) is 36.2. The zero-order chi connectivity index (χ0) is 27.3. The number of halogens is 1. The van der Waals surface area contributed by atoms with Gasteiger partial charge < -0.3 is 15.2 Å². The van der Waals surface area contributed by atoms with Crippen molar-refractivity contribution < 1.29 is 32.6 Å². The third-order valence-corrected chi connectivity index (χ3v) is 7.19.